The van der Waals surface area contributed by atoms with E-state index in [0.29, 0.717) is 23.3 Å². The van der Waals surface area contributed by atoms with E-state index in [1.807, 2.05) is 0 Å². The molecule has 0 aliphatic heterocycles. The van der Waals surface area contributed by atoms with Gasteiger partial charge in [0.05, 0.1) is 17.6 Å². The number of hydrogen-bond acceptors (Lipinski definition) is 5. The number of benzene rings is 1. The van der Waals surface area contributed by atoms with Gasteiger partial charge in [0.25, 0.3) is 0 Å². The standard InChI is InChI=1S/C14H17N3O4/c1-14(2,3)21-13(20)17-11-6-9(19)4-5-10(11)16-12(17)7-15-8-18/h4-6,8,19H,7H2,1-3H3,(H,15,18). The van der Waals surface area contributed by atoms with Crippen LogP contribution in [0.25, 0.3) is 11.0 Å². The second-order valence-corrected chi connectivity index (χ2v) is 5.52. The fraction of sp³-hybridized carbons (Fsp3) is 0.357. The van der Waals surface area contributed by atoms with Crippen molar-refractivity contribution in [2.24, 2.45) is 0 Å². The van der Waals surface area contributed by atoms with Gasteiger partial charge in [-0.3, -0.25) is 4.79 Å². The minimum Gasteiger partial charge on any atom is -0.508 e. The van der Waals surface area contributed by atoms with E-state index in [4.69, 9.17) is 4.74 Å². The Labute approximate surface area is 121 Å². The summed E-state index contributed by atoms with van der Waals surface area (Å²) in [6.45, 7) is 5.35. The molecule has 0 unspecified atom stereocenters. The smallest absolute Gasteiger partial charge is 0.420 e. The third-order valence-electron chi connectivity index (χ3n) is 2.63. The zero-order valence-electron chi connectivity index (χ0n) is 12.1. The van der Waals surface area contributed by atoms with Crippen molar-refractivity contribution in [3.63, 3.8) is 0 Å². The van der Waals surface area contributed by atoms with Gasteiger partial charge in [-0.1, -0.05) is 0 Å². The number of rotatable bonds is 3. The summed E-state index contributed by atoms with van der Waals surface area (Å²) in [7, 11) is 0. The van der Waals surface area contributed by atoms with Crippen molar-refractivity contribution < 1.29 is 19.4 Å². The molecule has 7 heteroatoms. The van der Waals surface area contributed by atoms with Gasteiger partial charge < -0.3 is 15.2 Å². The molecule has 2 rings (SSSR count). The van der Waals surface area contributed by atoms with Crippen molar-refractivity contribution in [1.29, 1.82) is 0 Å². The molecule has 2 N–H and O–H groups in total. The van der Waals surface area contributed by atoms with Crippen LogP contribution < -0.4 is 5.32 Å². The second kappa shape index (κ2) is 5.43. The van der Waals surface area contributed by atoms with Crippen LogP contribution in [-0.2, 0) is 16.1 Å². The summed E-state index contributed by atoms with van der Waals surface area (Å²) in [6, 6.07) is 4.50. The summed E-state index contributed by atoms with van der Waals surface area (Å²) >= 11 is 0. The number of carbonyl (C=O) groups excluding carboxylic acids is 2. The number of phenolic OH excluding ortho intramolecular Hbond substituents is 1. The Hall–Kier alpha value is -2.57. The monoisotopic (exact) mass is 291 g/mol. The van der Waals surface area contributed by atoms with Gasteiger partial charge in [-0.05, 0) is 32.9 Å². The second-order valence-electron chi connectivity index (χ2n) is 5.52. The maximum atomic E-state index is 12.3. The lowest BCUT2D eigenvalue weighted by Crippen LogP contribution is -2.29. The van der Waals surface area contributed by atoms with E-state index >= 15 is 0 Å². The quantitative estimate of drug-likeness (QED) is 0.841. The Morgan fingerprint density at radius 2 is 2.19 bits per heavy atom. The van der Waals surface area contributed by atoms with Crippen LogP contribution in [0.2, 0.25) is 0 Å². The molecular formula is C14H17N3O4. The fourth-order valence-corrected chi connectivity index (χ4v) is 1.88. The van der Waals surface area contributed by atoms with Crippen molar-refractivity contribution in [3.8, 4) is 5.75 Å². The topological polar surface area (TPSA) is 93.5 Å². The number of amides is 1. The summed E-state index contributed by atoms with van der Waals surface area (Å²) in [5, 5.41) is 12.1. The van der Waals surface area contributed by atoms with Crippen molar-refractivity contribution in [3.05, 3.63) is 24.0 Å². The van der Waals surface area contributed by atoms with Crippen molar-refractivity contribution in [2.75, 3.05) is 0 Å². The predicted molar refractivity (Wildman–Crippen MR) is 75.9 cm³/mol. The number of hydrogen-bond donors (Lipinski definition) is 2. The van der Waals surface area contributed by atoms with E-state index in [2.05, 4.69) is 10.3 Å². The summed E-state index contributed by atoms with van der Waals surface area (Å²) in [5.41, 5.74) is 0.285. The minimum absolute atomic E-state index is 0.0158. The van der Waals surface area contributed by atoms with Gasteiger partial charge in [-0.2, -0.15) is 0 Å². The van der Waals surface area contributed by atoms with Gasteiger partial charge in [-0.15, -0.1) is 0 Å². The zero-order valence-corrected chi connectivity index (χ0v) is 12.1. The maximum absolute atomic E-state index is 12.3. The van der Waals surface area contributed by atoms with Crippen molar-refractivity contribution >= 4 is 23.5 Å². The Kier molecular flexibility index (Phi) is 3.84. The third-order valence-corrected chi connectivity index (χ3v) is 2.63. The first kappa shape index (κ1) is 14.8. The largest absolute Gasteiger partial charge is 0.508 e. The van der Waals surface area contributed by atoms with Crippen LogP contribution >= 0.6 is 0 Å². The number of nitrogens with one attached hydrogen (secondary N) is 1. The van der Waals surface area contributed by atoms with Crippen LogP contribution in [0, 0.1) is 0 Å². The first-order valence-corrected chi connectivity index (χ1v) is 6.42. The van der Waals surface area contributed by atoms with E-state index in [-0.39, 0.29) is 12.3 Å². The van der Waals surface area contributed by atoms with Crippen LogP contribution in [0.4, 0.5) is 4.79 Å². The number of aromatic hydroxyl groups is 1. The molecule has 0 aliphatic rings. The van der Waals surface area contributed by atoms with E-state index < -0.39 is 11.7 Å². The highest BCUT2D eigenvalue weighted by Crippen LogP contribution is 2.22. The molecule has 7 nitrogen and oxygen atoms in total. The van der Waals surface area contributed by atoms with Gasteiger partial charge in [-0.25, -0.2) is 14.3 Å². The first-order valence-electron chi connectivity index (χ1n) is 6.42. The molecule has 0 fully saturated rings. The molecule has 0 bridgehead atoms. The van der Waals surface area contributed by atoms with Crippen molar-refractivity contribution in [1.82, 2.24) is 14.9 Å². The van der Waals surface area contributed by atoms with Crippen molar-refractivity contribution in [2.45, 2.75) is 32.9 Å². The number of nitrogens with zero attached hydrogens (tertiary/aromatic N) is 2. The van der Waals surface area contributed by atoms with E-state index in [9.17, 15) is 14.7 Å². The molecule has 0 atom stereocenters. The Balaban J connectivity index is 2.53. The first-order chi connectivity index (χ1) is 9.81. The Bertz CT molecular complexity index is 685. The molecule has 21 heavy (non-hydrogen) atoms. The number of imidazole rings is 1. The molecule has 0 radical (unpaired) electrons. The molecule has 1 aromatic heterocycles. The number of carbonyl (C=O) groups is 2. The number of aromatic nitrogens is 2. The van der Waals surface area contributed by atoms with Crippen LogP contribution in [0.15, 0.2) is 18.2 Å². The molecule has 2 aromatic rings. The lowest BCUT2D eigenvalue weighted by atomic mass is 10.2. The average Bonchev–Trinajstić information content (AvgIpc) is 2.71. The lowest BCUT2D eigenvalue weighted by molar-refractivity contribution is -0.109. The molecule has 1 heterocycles. The SMILES string of the molecule is CC(C)(C)OC(=O)n1c(CNC=O)nc2ccc(O)cc21. The molecule has 0 spiro atoms. The van der Waals surface area contributed by atoms with Gasteiger partial charge >= 0.3 is 6.09 Å². The molecule has 0 aliphatic carbocycles. The van der Waals surface area contributed by atoms with Crippen LogP contribution in [0.3, 0.4) is 0 Å². The average molecular weight is 291 g/mol. The van der Waals surface area contributed by atoms with Gasteiger partial charge in [0.1, 0.15) is 17.2 Å². The predicted octanol–water partition coefficient (Wildman–Crippen LogP) is 1.77. The highest BCUT2D eigenvalue weighted by molar-refractivity contribution is 5.88. The summed E-state index contributed by atoms with van der Waals surface area (Å²) in [4.78, 5) is 27.1. The van der Waals surface area contributed by atoms with E-state index in [0.717, 1.165) is 0 Å². The van der Waals surface area contributed by atoms with Gasteiger partial charge in [0.15, 0.2) is 0 Å². The maximum Gasteiger partial charge on any atom is 0.420 e. The molecule has 112 valence electrons. The normalized spacial score (nSPS) is 11.4. The number of phenols is 1. The minimum atomic E-state index is -0.667. The highest BCUT2D eigenvalue weighted by atomic mass is 16.6. The van der Waals surface area contributed by atoms with E-state index in [1.54, 1.807) is 26.8 Å². The Morgan fingerprint density at radius 3 is 2.81 bits per heavy atom. The Morgan fingerprint density at radius 1 is 1.48 bits per heavy atom. The van der Waals surface area contributed by atoms with Gasteiger partial charge in [0.2, 0.25) is 6.41 Å². The number of ether oxygens (including phenoxy) is 1. The summed E-state index contributed by atoms with van der Waals surface area (Å²) < 4.78 is 6.58. The molecule has 0 saturated carbocycles. The third kappa shape index (κ3) is 3.31. The van der Waals surface area contributed by atoms with E-state index in [1.165, 1.54) is 16.7 Å². The van der Waals surface area contributed by atoms with Crippen LogP contribution in [0.5, 0.6) is 5.75 Å². The summed E-state index contributed by atoms with van der Waals surface area (Å²) in [5.74, 6) is 0.346. The molecule has 1 aromatic carbocycles. The van der Waals surface area contributed by atoms with Crippen LogP contribution in [-0.4, -0.2) is 32.8 Å². The zero-order chi connectivity index (χ0) is 15.6. The van der Waals surface area contributed by atoms with Crippen LogP contribution in [0.1, 0.15) is 26.6 Å². The highest BCUT2D eigenvalue weighted by Gasteiger charge is 2.23. The molecule has 0 saturated heterocycles. The lowest BCUT2D eigenvalue weighted by Gasteiger charge is -2.20. The summed E-state index contributed by atoms with van der Waals surface area (Å²) in [6.07, 6.45) is -0.0886. The number of fused-ring (bicyclic) bond motifs is 1. The molecular weight excluding hydrogens is 274 g/mol. The van der Waals surface area contributed by atoms with Gasteiger partial charge in [0, 0.05) is 6.07 Å². The fourth-order valence-electron chi connectivity index (χ4n) is 1.88. The molecule has 1 amide bonds.